The van der Waals surface area contributed by atoms with E-state index < -0.39 is 5.69 Å². The number of aromatic amines is 2. The molecule has 0 bridgehead atoms. The van der Waals surface area contributed by atoms with Gasteiger partial charge in [0.05, 0.1) is 18.3 Å². The van der Waals surface area contributed by atoms with E-state index in [9.17, 15) is 9.90 Å². The van der Waals surface area contributed by atoms with Gasteiger partial charge in [0.25, 0.3) is 5.62 Å². The monoisotopic (exact) mass is 418 g/mol. The minimum Gasteiger partial charge on any atom is -0.493 e. The molecule has 0 unspecified atom stereocenters. The maximum absolute atomic E-state index is 11.5. The lowest BCUT2D eigenvalue weighted by Gasteiger charge is -2.25. The number of anilines is 1. The Morgan fingerprint density at radius 1 is 1.26 bits per heavy atom. The van der Waals surface area contributed by atoms with Gasteiger partial charge in [-0.1, -0.05) is 30.3 Å². The van der Waals surface area contributed by atoms with Crippen LogP contribution in [0.4, 0.5) is 5.95 Å². The molecule has 5 rings (SSSR count). The van der Waals surface area contributed by atoms with Crippen molar-refractivity contribution >= 4 is 17.7 Å². The molecule has 1 saturated carbocycles. The first kappa shape index (κ1) is 19.0. The second kappa shape index (κ2) is 7.38. The van der Waals surface area contributed by atoms with Crippen molar-refractivity contribution in [2.45, 2.75) is 31.8 Å². The van der Waals surface area contributed by atoms with Crippen LogP contribution in [0.3, 0.4) is 0 Å². The van der Waals surface area contributed by atoms with Gasteiger partial charge in [0.15, 0.2) is 5.65 Å². The molecule has 3 N–H and O–H groups in total. The third-order valence-electron chi connectivity index (χ3n) is 5.42. The molecule has 0 aliphatic heterocycles. The minimum atomic E-state index is -0.489. The predicted octanol–water partition coefficient (Wildman–Crippen LogP) is 0.654. The van der Waals surface area contributed by atoms with Crippen molar-refractivity contribution in [3.63, 3.8) is 0 Å². The number of H-pyrrole nitrogens is 2. The summed E-state index contributed by atoms with van der Waals surface area (Å²) < 4.78 is 1.59. The molecular weight excluding hydrogens is 396 g/mol. The maximum Gasteiger partial charge on any atom is 0.326 e. The molecular formula is C21H22N8O2. The van der Waals surface area contributed by atoms with Gasteiger partial charge in [-0.2, -0.15) is 19.6 Å². The summed E-state index contributed by atoms with van der Waals surface area (Å²) in [4.78, 5) is 32.5. The molecule has 0 amide bonds. The van der Waals surface area contributed by atoms with Crippen LogP contribution in [0, 0.1) is 0 Å². The highest BCUT2D eigenvalue weighted by molar-refractivity contribution is 5.57. The normalized spacial score (nSPS) is 16.2. The van der Waals surface area contributed by atoms with Crippen molar-refractivity contribution in [1.29, 1.82) is 0 Å². The molecule has 0 saturated heterocycles. The van der Waals surface area contributed by atoms with E-state index in [0.29, 0.717) is 22.4 Å². The number of fused-ring (bicyclic) bond motifs is 1. The molecule has 4 aromatic rings. The Hall–Kier alpha value is -3.95. The number of nitrogens with one attached hydrogen (secondary N) is 2. The Balaban J connectivity index is 1.67. The maximum atomic E-state index is 11.5. The number of imidazole rings is 1. The lowest BCUT2D eigenvalue weighted by Crippen LogP contribution is -2.30. The molecule has 31 heavy (non-hydrogen) atoms. The molecule has 1 atom stereocenters. The van der Waals surface area contributed by atoms with E-state index >= 15 is 0 Å². The lowest BCUT2D eigenvalue weighted by atomic mass is 10.1. The van der Waals surface area contributed by atoms with Crippen LogP contribution in [0.5, 0.6) is 5.88 Å². The van der Waals surface area contributed by atoms with E-state index in [1.54, 1.807) is 16.8 Å². The zero-order chi connectivity index (χ0) is 21.5. The molecule has 1 aromatic carbocycles. The molecule has 158 valence electrons. The van der Waals surface area contributed by atoms with E-state index in [4.69, 9.17) is 15.0 Å². The van der Waals surface area contributed by atoms with Gasteiger partial charge in [-0.05, 0) is 31.4 Å². The summed E-state index contributed by atoms with van der Waals surface area (Å²) in [6, 6.07) is 10.4. The highest BCUT2D eigenvalue weighted by Crippen LogP contribution is 2.23. The second-order valence-electron chi connectivity index (χ2n) is 7.70. The van der Waals surface area contributed by atoms with Gasteiger partial charge in [0, 0.05) is 12.3 Å². The number of rotatable bonds is 5. The molecule has 1 aliphatic carbocycles. The predicted molar refractivity (Wildman–Crippen MR) is 114 cm³/mol. The summed E-state index contributed by atoms with van der Waals surface area (Å²) in [5, 5.41) is 14.9. The quantitative estimate of drug-likeness (QED) is 0.437. The van der Waals surface area contributed by atoms with Gasteiger partial charge < -0.3 is 15.0 Å². The molecule has 1 fully saturated rings. The molecule has 10 nitrogen and oxygen atoms in total. The molecule has 3 heterocycles. The van der Waals surface area contributed by atoms with Crippen LogP contribution in [0.1, 0.15) is 37.1 Å². The Morgan fingerprint density at radius 3 is 2.71 bits per heavy atom. The first-order chi connectivity index (χ1) is 15.0. The fraction of sp³-hybridized carbons (Fsp3) is 0.286. The van der Waals surface area contributed by atoms with Gasteiger partial charge in [-0.15, -0.1) is 0 Å². The van der Waals surface area contributed by atoms with Crippen molar-refractivity contribution in [3.8, 4) is 5.88 Å². The number of nitrogens with zero attached hydrogens (tertiary/aromatic N) is 6. The second-order valence-corrected chi connectivity index (χ2v) is 7.70. The van der Waals surface area contributed by atoms with Crippen molar-refractivity contribution in [2.24, 2.45) is 4.99 Å². The average molecular weight is 418 g/mol. The summed E-state index contributed by atoms with van der Waals surface area (Å²) in [5.41, 5.74) is 1.94. The summed E-state index contributed by atoms with van der Waals surface area (Å²) in [6.07, 6.45) is 5.31. The van der Waals surface area contributed by atoms with E-state index in [1.807, 2.05) is 30.1 Å². The molecule has 3 aromatic heterocycles. The number of aromatic nitrogens is 6. The summed E-state index contributed by atoms with van der Waals surface area (Å²) in [7, 11) is 1.94. The summed E-state index contributed by atoms with van der Waals surface area (Å²) in [5.74, 6) is 0.279. The molecule has 10 heteroatoms. The van der Waals surface area contributed by atoms with E-state index in [1.165, 1.54) is 0 Å². The minimum absolute atomic E-state index is 0.0397. The number of benzene rings is 1. The van der Waals surface area contributed by atoms with Crippen molar-refractivity contribution in [2.75, 3.05) is 11.9 Å². The number of aromatic hydroxyl groups is 1. The van der Waals surface area contributed by atoms with E-state index in [2.05, 4.69) is 34.1 Å². The number of hydrogen-bond donors (Lipinski definition) is 3. The lowest BCUT2D eigenvalue weighted by molar-refractivity contribution is 0.454. The first-order valence-corrected chi connectivity index (χ1v) is 10.1. The third kappa shape index (κ3) is 3.67. The fourth-order valence-electron chi connectivity index (χ4n) is 3.36. The molecule has 1 aliphatic rings. The van der Waals surface area contributed by atoms with Gasteiger partial charge in [-0.25, -0.2) is 9.79 Å². The summed E-state index contributed by atoms with van der Waals surface area (Å²) in [6.45, 7) is 2.09. The van der Waals surface area contributed by atoms with Gasteiger partial charge in [0.1, 0.15) is 5.69 Å². The van der Waals surface area contributed by atoms with Crippen LogP contribution in [-0.2, 0) is 0 Å². The van der Waals surface area contributed by atoms with Gasteiger partial charge >= 0.3 is 5.69 Å². The fourth-order valence-corrected chi connectivity index (χ4v) is 3.36. The third-order valence-corrected chi connectivity index (χ3v) is 5.42. The van der Waals surface area contributed by atoms with Crippen LogP contribution in [0.15, 0.2) is 46.3 Å². The van der Waals surface area contributed by atoms with Crippen LogP contribution in [0.25, 0.3) is 11.7 Å². The van der Waals surface area contributed by atoms with Crippen LogP contribution in [0.2, 0.25) is 0 Å². The summed E-state index contributed by atoms with van der Waals surface area (Å²) >= 11 is 0. The largest absolute Gasteiger partial charge is 0.493 e. The standard InChI is InChI=1S/C21H22N8O2/c1-12(13-6-4-3-5-7-13)28(2)19-25-17-14(10-16-18(30)26-21(31)24-16)11-22-29(17)20(27-19)23-15-8-9-15/h3-7,10-12,15,30H,8-9H2,1-2H3,(H2,24,26,31)/b14-10+,23-20?/t12-/m1/s1. The Kier molecular flexibility index (Phi) is 4.54. The zero-order valence-electron chi connectivity index (χ0n) is 17.1. The van der Waals surface area contributed by atoms with Crippen molar-refractivity contribution < 1.29 is 5.11 Å². The van der Waals surface area contributed by atoms with Crippen molar-refractivity contribution in [3.05, 3.63) is 69.1 Å². The molecule has 0 spiro atoms. The Bertz CT molecular complexity index is 1420. The topological polar surface area (TPSA) is 128 Å². The highest BCUT2D eigenvalue weighted by atomic mass is 16.3. The van der Waals surface area contributed by atoms with Crippen molar-refractivity contribution in [1.82, 2.24) is 29.5 Å². The zero-order valence-corrected chi connectivity index (χ0v) is 17.1. The molecule has 0 radical (unpaired) electrons. The van der Waals surface area contributed by atoms with Crippen LogP contribution >= 0.6 is 0 Å². The van der Waals surface area contributed by atoms with Gasteiger partial charge in [0.2, 0.25) is 11.8 Å². The average Bonchev–Trinajstić information content (AvgIpc) is 3.41. The number of hydrogen-bond acceptors (Lipinski definition) is 7. The van der Waals surface area contributed by atoms with Crippen LogP contribution < -0.4 is 21.4 Å². The Labute approximate surface area is 176 Å². The first-order valence-electron chi connectivity index (χ1n) is 10.1. The van der Waals surface area contributed by atoms with Crippen LogP contribution in [-0.4, -0.2) is 47.7 Å². The SMILES string of the molecule is C[C@H](c1ccccc1)N(C)c1nc(=NC2CC2)n2nc/c(=C\c3[nH]c(=O)[nH]c3O)c2n1. The smallest absolute Gasteiger partial charge is 0.326 e. The van der Waals surface area contributed by atoms with E-state index in [0.717, 1.165) is 18.4 Å². The Morgan fingerprint density at radius 2 is 2.03 bits per heavy atom. The highest BCUT2D eigenvalue weighted by Gasteiger charge is 2.22. The van der Waals surface area contributed by atoms with E-state index in [-0.39, 0.29) is 23.7 Å². The van der Waals surface area contributed by atoms with Gasteiger partial charge in [-0.3, -0.25) is 4.98 Å².